The molecule has 2 unspecified atom stereocenters. The van der Waals surface area contributed by atoms with Gasteiger partial charge in [-0.05, 0) is 43.7 Å². The van der Waals surface area contributed by atoms with Crippen LogP contribution < -0.4 is 9.47 Å². The van der Waals surface area contributed by atoms with Gasteiger partial charge in [-0.25, -0.2) is 0 Å². The van der Waals surface area contributed by atoms with E-state index in [0.29, 0.717) is 18.1 Å². The minimum absolute atomic E-state index is 0.0818. The standard InChI is InChI=1S/C18H22O3/c1-3-10-18-11-4-6-12-14(20-2)8-9-15(16(12)18)21-17(18)13(19)7-5-11/h8-9,11,17H,3-7,10H2,1-2H3/t11?,17?,18-/m0/s1. The maximum atomic E-state index is 12.5. The summed E-state index contributed by atoms with van der Waals surface area (Å²) in [5.74, 6) is 2.78. The third-order valence-electron chi connectivity index (χ3n) is 5.80. The summed E-state index contributed by atoms with van der Waals surface area (Å²) in [5.41, 5.74) is 2.51. The molecule has 2 aliphatic carbocycles. The Bertz CT molecular complexity index is 607. The average Bonchev–Trinajstić information content (AvgIpc) is 2.84. The molecule has 0 radical (unpaired) electrons. The summed E-state index contributed by atoms with van der Waals surface area (Å²) in [7, 11) is 1.73. The number of carbonyl (C=O) groups excluding carboxylic acids is 1. The zero-order valence-corrected chi connectivity index (χ0v) is 12.8. The lowest BCUT2D eigenvalue weighted by Gasteiger charge is -2.47. The molecule has 1 aliphatic heterocycles. The quantitative estimate of drug-likeness (QED) is 0.854. The van der Waals surface area contributed by atoms with E-state index in [1.807, 2.05) is 12.1 Å². The second-order valence-corrected chi connectivity index (χ2v) is 6.65. The fourth-order valence-corrected chi connectivity index (χ4v) is 5.09. The number of rotatable bonds is 3. The van der Waals surface area contributed by atoms with Crippen molar-refractivity contribution in [3.63, 3.8) is 0 Å². The number of ether oxygens (including phenoxy) is 2. The van der Waals surface area contributed by atoms with Crippen molar-refractivity contribution in [3.05, 3.63) is 23.3 Å². The van der Waals surface area contributed by atoms with Gasteiger partial charge in [-0.2, -0.15) is 0 Å². The molecule has 0 saturated heterocycles. The fourth-order valence-electron chi connectivity index (χ4n) is 5.09. The van der Waals surface area contributed by atoms with Gasteiger partial charge in [0, 0.05) is 23.0 Å². The number of benzene rings is 1. The highest BCUT2D eigenvalue weighted by atomic mass is 16.5. The van der Waals surface area contributed by atoms with E-state index >= 15 is 0 Å². The highest BCUT2D eigenvalue weighted by molar-refractivity contribution is 5.88. The van der Waals surface area contributed by atoms with Crippen LogP contribution in [0.5, 0.6) is 11.5 Å². The van der Waals surface area contributed by atoms with Crippen LogP contribution in [0.15, 0.2) is 12.1 Å². The molecule has 0 aromatic heterocycles. The van der Waals surface area contributed by atoms with Crippen molar-refractivity contribution in [2.45, 2.75) is 57.0 Å². The zero-order chi connectivity index (χ0) is 14.6. The molecule has 3 atom stereocenters. The van der Waals surface area contributed by atoms with Gasteiger partial charge in [0.1, 0.15) is 11.5 Å². The van der Waals surface area contributed by atoms with Gasteiger partial charge in [0.2, 0.25) is 0 Å². The summed E-state index contributed by atoms with van der Waals surface area (Å²) in [6, 6.07) is 4.00. The Balaban J connectivity index is 1.98. The van der Waals surface area contributed by atoms with Crippen molar-refractivity contribution in [2.75, 3.05) is 7.11 Å². The number of ketones is 1. The second-order valence-electron chi connectivity index (χ2n) is 6.65. The lowest BCUT2D eigenvalue weighted by atomic mass is 9.55. The summed E-state index contributed by atoms with van der Waals surface area (Å²) in [5, 5.41) is 0. The molecule has 21 heavy (non-hydrogen) atoms. The smallest absolute Gasteiger partial charge is 0.174 e. The van der Waals surface area contributed by atoms with Crippen molar-refractivity contribution >= 4 is 5.78 Å². The normalized spacial score (nSPS) is 32.6. The Labute approximate surface area is 125 Å². The SMILES string of the molecule is CCC[C@@]12c3c4ccc(OC)c3CCC1CCC(=O)C2O4. The molecule has 3 aliphatic rings. The summed E-state index contributed by atoms with van der Waals surface area (Å²) < 4.78 is 11.7. The minimum atomic E-state index is -0.252. The summed E-state index contributed by atoms with van der Waals surface area (Å²) in [4.78, 5) is 12.5. The fraction of sp³-hybridized carbons (Fsp3) is 0.611. The summed E-state index contributed by atoms with van der Waals surface area (Å²) >= 11 is 0. The molecule has 1 aromatic carbocycles. The van der Waals surface area contributed by atoms with Gasteiger partial charge in [-0.3, -0.25) is 4.79 Å². The van der Waals surface area contributed by atoms with Crippen molar-refractivity contribution in [2.24, 2.45) is 5.92 Å². The summed E-state index contributed by atoms with van der Waals surface area (Å²) in [6.45, 7) is 2.21. The predicted octanol–water partition coefficient (Wildman–Crippen LogP) is 3.42. The van der Waals surface area contributed by atoms with Gasteiger partial charge in [-0.1, -0.05) is 13.3 Å². The Morgan fingerprint density at radius 1 is 1.33 bits per heavy atom. The topological polar surface area (TPSA) is 35.5 Å². The first kappa shape index (κ1) is 13.2. The van der Waals surface area contributed by atoms with Gasteiger partial charge in [0.05, 0.1) is 7.11 Å². The monoisotopic (exact) mass is 286 g/mol. The van der Waals surface area contributed by atoms with Crippen LogP contribution in [-0.2, 0) is 16.6 Å². The van der Waals surface area contributed by atoms with Crippen molar-refractivity contribution in [3.8, 4) is 11.5 Å². The maximum absolute atomic E-state index is 12.5. The minimum Gasteiger partial charge on any atom is -0.496 e. The Hall–Kier alpha value is -1.51. The van der Waals surface area contributed by atoms with Crippen LogP contribution in [0.2, 0.25) is 0 Å². The van der Waals surface area contributed by atoms with Crippen LogP contribution in [0.4, 0.5) is 0 Å². The van der Waals surface area contributed by atoms with Crippen molar-refractivity contribution in [1.82, 2.24) is 0 Å². The van der Waals surface area contributed by atoms with E-state index in [1.54, 1.807) is 7.11 Å². The zero-order valence-electron chi connectivity index (χ0n) is 12.8. The molecule has 0 N–H and O–H groups in total. The van der Waals surface area contributed by atoms with Crippen LogP contribution >= 0.6 is 0 Å². The van der Waals surface area contributed by atoms with Gasteiger partial charge >= 0.3 is 0 Å². The van der Waals surface area contributed by atoms with Crippen molar-refractivity contribution < 1.29 is 14.3 Å². The number of carbonyl (C=O) groups is 1. The molecule has 1 aromatic rings. The third kappa shape index (κ3) is 1.52. The Kier molecular flexibility index (Phi) is 2.82. The van der Waals surface area contributed by atoms with Gasteiger partial charge in [0.15, 0.2) is 11.9 Å². The summed E-state index contributed by atoms with van der Waals surface area (Å²) in [6.07, 6.45) is 5.78. The second kappa shape index (κ2) is 4.49. The van der Waals surface area contributed by atoms with E-state index in [2.05, 4.69) is 6.92 Å². The highest BCUT2D eigenvalue weighted by Crippen LogP contribution is 2.60. The van der Waals surface area contributed by atoms with Crippen LogP contribution in [0, 0.1) is 5.92 Å². The molecule has 4 rings (SSSR count). The molecule has 1 heterocycles. The first-order chi connectivity index (χ1) is 10.2. The maximum Gasteiger partial charge on any atom is 0.174 e. The van der Waals surface area contributed by atoms with E-state index in [-0.39, 0.29) is 11.5 Å². The lowest BCUT2D eigenvalue weighted by molar-refractivity contribution is -0.133. The lowest BCUT2D eigenvalue weighted by Crippen LogP contribution is -2.54. The molecule has 0 spiro atoms. The highest BCUT2D eigenvalue weighted by Gasteiger charge is 2.60. The molecular weight excluding hydrogens is 264 g/mol. The molecular formula is C18H22O3. The first-order valence-corrected chi connectivity index (χ1v) is 8.12. The molecule has 112 valence electrons. The number of Topliss-reactive ketones (excluding diaryl/α,β-unsaturated/α-hetero) is 1. The number of methoxy groups -OCH3 is 1. The average molecular weight is 286 g/mol. The molecule has 3 heteroatoms. The molecule has 0 bridgehead atoms. The van der Waals surface area contributed by atoms with Gasteiger partial charge in [0.25, 0.3) is 0 Å². The van der Waals surface area contributed by atoms with E-state index in [1.165, 1.54) is 11.1 Å². The predicted molar refractivity (Wildman–Crippen MR) is 80.0 cm³/mol. The Morgan fingerprint density at radius 3 is 2.90 bits per heavy atom. The van der Waals surface area contributed by atoms with E-state index < -0.39 is 0 Å². The van der Waals surface area contributed by atoms with Gasteiger partial charge in [-0.15, -0.1) is 0 Å². The van der Waals surface area contributed by atoms with Crippen molar-refractivity contribution in [1.29, 1.82) is 0 Å². The molecule has 0 amide bonds. The van der Waals surface area contributed by atoms with E-state index in [9.17, 15) is 4.79 Å². The van der Waals surface area contributed by atoms with Crippen LogP contribution in [0.3, 0.4) is 0 Å². The van der Waals surface area contributed by atoms with Crippen LogP contribution in [0.1, 0.15) is 50.2 Å². The Morgan fingerprint density at radius 2 is 2.14 bits per heavy atom. The number of hydrogen-bond donors (Lipinski definition) is 0. The molecule has 1 saturated carbocycles. The van der Waals surface area contributed by atoms with E-state index in [4.69, 9.17) is 9.47 Å². The molecule has 1 fully saturated rings. The molecule has 3 nitrogen and oxygen atoms in total. The van der Waals surface area contributed by atoms with Crippen LogP contribution in [-0.4, -0.2) is 19.0 Å². The van der Waals surface area contributed by atoms with Crippen LogP contribution in [0.25, 0.3) is 0 Å². The van der Waals surface area contributed by atoms with E-state index in [0.717, 1.165) is 43.6 Å². The number of hydrogen-bond acceptors (Lipinski definition) is 3. The third-order valence-corrected chi connectivity index (χ3v) is 5.80. The van der Waals surface area contributed by atoms with Gasteiger partial charge < -0.3 is 9.47 Å². The largest absolute Gasteiger partial charge is 0.496 e. The first-order valence-electron chi connectivity index (χ1n) is 8.12.